The molecule has 1 aliphatic rings. The van der Waals surface area contributed by atoms with Crippen molar-refractivity contribution in [3.63, 3.8) is 0 Å². The number of amides is 2. The summed E-state index contributed by atoms with van der Waals surface area (Å²) in [6.07, 6.45) is 8.57. The Kier molecular flexibility index (Phi) is 7.10. The maximum absolute atomic E-state index is 12.6. The molecular formula is C23H25ClN6O2S. The molecule has 1 atom stereocenters. The Morgan fingerprint density at radius 1 is 1.36 bits per heavy atom. The molecule has 0 aliphatic carbocycles. The van der Waals surface area contributed by atoms with Gasteiger partial charge in [0.25, 0.3) is 5.91 Å². The van der Waals surface area contributed by atoms with Crippen LogP contribution in [-0.4, -0.2) is 44.6 Å². The molecule has 0 radical (unpaired) electrons. The van der Waals surface area contributed by atoms with E-state index in [1.807, 2.05) is 34.8 Å². The molecule has 3 aromatic rings. The van der Waals surface area contributed by atoms with E-state index in [1.54, 1.807) is 12.3 Å². The van der Waals surface area contributed by atoms with E-state index in [0.29, 0.717) is 33.2 Å². The van der Waals surface area contributed by atoms with E-state index < -0.39 is 0 Å². The number of aromatic nitrogens is 3. The predicted octanol–water partition coefficient (Wildman–Crippen LogP) is 4.72. The minimum Gasteiger partial charge on any atom is -0.339 e. The third-order valence-corrected chi connectivity index (χ3v) is 6.75. The quantitative estimate of drug-likeness (QED) is 0.473. The van der Waals surface area contributed by atoms with E-state index >= 15 is 0 Å². The van der Waals surface area contributed by atoms with Crippen LogP contribution in [0.1, 0.15) is 28.1 Å². The van der Waals surface area contributed by atoms with Gasteiger partial charge in [0.2, 0.25) is 5.91 Å². The third-order valence-electron chi connectivity index (χ3n) is 5.53. The SMILES string of the molecule is C=CC(=O)N1CCCC(Cn2cc(Nc3ncc(C(=O)Nc4c(C)cccc4Cl)s3)cn2)C1. The van der Waals surface area contributed by atoms with Crippen molar-refractivity contribution in [2.45, 2.75) is 26.3 Å². The van der Waals surface area contributed by atoms with Crippen LogP contribution in [0.2, 0.25) is 5.02 Å². The normalized spacial score (nSPS) is 15.8. The summed E-state index contributed by atoms with van der Waals surface area (Å²) in [5.74, 6) is 0.0676. The molecule has 0 spiro atoms. The molecule has 2 amide bonds. The van der Waals surface area contributed by atoms with Crippen LogP contribution >= 0.6 is 22.9 Å². The first kappa shape index (κ1) is 23.0. The second kappa shape index (κ2) is 10.2. The molecule has 1 aromatic carbocycles. The fraction of sp³-hybridized carbons (Fsp3) is 0.304. The lowest BCUT2D eigenvalue weighted by atomic mass is 9.98. The lowest BCUT2D eigenvalue weighted by molar-refractivity contribution is -0.127. The number of benzene rings is 1. The molecule has 3 heterocycles. The molecule has 1 aliphatic heterocycles. The van der Waals surface area contributed by atoms with Gasteiger partial charge in [-0.05, 0) is 43.4 Å². The van der Waals surface area contributed by atoms with E-state index in [9.17, 15) is 9.59 Å². The maximum atomic E-state index is 12.6. The van der Waals surface area contributed by atoms with Gasteiger partial charge in [0.05, 0.1) is 28.8 Å². The summed E-state index contributed by atoms with van der Waals surface area (Å²) < 4.78 is 1.87. The van der Waals surface area contributed by atoms with E-state index in [-0.39, 0.29) is 11.8 Å². The van der Waals surface area contributed by atoms with Crippen LogP contribution in [0.25, 0.3) is 0 Å². The minimum absolute atomic E-state index is 0.0178. The number of aryl methyl sites for hydroxylation is 1. The van der Waals surface area contributed by atoms with Gasteiger partial charge >= 0.3 is 0 Å². The van der Waals surface area contributed by atoms with Crippen molar-refractivity contribution in [2.24, 2.45) is 5.92 Å². The van der Waals surface area contributed by atoms with Gasteiger partial charge in [0.15, 0.2) is 5.13 Å². The number of anilines is 3. The lowest BCUT2D eigenvalue weighted by Gasteiger charge is -2.32. The Bertz CT molecular complexity index is 1150. The van der Waals surface area contributed by atoms with Crippen LogP contribution in [0.5, 0.6) is 0 Å². The van der Waals surface area contributed by atoms with Gasteiger partial charge in [-0.15, -0.1) is 0 Å². The van der Waals surface area contributed by atoms with Gasteiger partial charge in [-0.1, -0.05) is 41.6 Å². The first-order valence-corrected chi connectivity index (χ1v) is 11.9. The minimum atomic E-state index is -0.261. The van der Waals surface area contributed by atoms with Crippen molar-refractivity contribution in [1.82, 2.24) is 19.7 Å². The molecule has 1 unspecified atom stereocenters. The molecule has 1 saturated heterocycles. The Hall–Kier alpha value is -3.17. The van der Waals surface area contributed by atoms with Gasteiger partial charge in [-0.3, -0.25) is 14.3 Å². The van der Waals surface area contributed by atoms with Gasteiger partial charge in [-0.2, -0.15) is 5.10 Å². The first-order valence-electron chi connectivity index (χ1n) is 10.7. The molecule has 2 aromatic heterocycles. The van der Waals surface area contributed by atoms with E-state index in [1.165, 1.54) is 23.6 Å². The third kappa shape index (κ3) is 5.61. The summed E-state index contributed by atoms with van der Waals surface area (Å²) in [5.41, 5.74) is 2.28. The predicted molar refractivity (Wildman–Crippen MR) is 131 cm³/mol. The second-order valence-corrected chi connectivity index (χ2v) is 9.43. The zero-order valence-corrected chi connectivity index (χ0v) is 19.8. The number of thiazole rings is 1. The standard InChI is InChI=1S/C23H25ClN6O2S/c1-3-20(31)29-9-5-7-16(12-29)13-30-14-17(10-26-30)27-23-25-11-19(33-23)22(32)28-21-15(2)6-4-8-18(21)24/h3-4,6,8,10-11,14,16H,1,5,7,9,12-13H2,2H3,(H,25,27)(H,28,32). The highest BCUT2D eigenvalue weighted by Crippen LogP contribution is 2.28. The fourth-order valence-electron chi connectivity index (χ4n) is 3.86. The number of piperidine rings is 1. The molecular weight excluding hydrogens is 460 g/mol. The molecule has 0 bridgehead atoms. The van der Waals surface area contributed by atoms with Crippen LogP contribution in [0.4, 0.5) is 16.5 Å². The number of halogens is 1. The highest BCUT2D eigenvalue weighted by atomic mass is 35.5. The zero-order chi connectivity index (χ0) is 23.4. The topological polar surface area (TPSA) is 92.2 Å². The Morgan fingerprint density at radius 2 is 2.21 bits per heavy atom. The van der Waals surface area contributed by atoms with Gasteiger partial charge in [-0.25, -0.2) is 4.98 Å². The van der Waals surface area contributed by atoms with Gasteiger partial charge < -0.3 is 15.5 Å². The van der Waals surface area contributed by atoms with Crippen LogP contribution < -0.4 is 10.6 Å². The second-order valence-electron chi connectivity index (χ2n) is 7.99. The Balaban J connectivity index is 1.35. The summed E-state index contributed by atoms with van der Waals surface area (Å²) in [4.78, 5) is 31.1. The molecule has 0 saturated carbocycles. The Labute approximate surface area is 201 Å². The van der Waals surface area contributed by atoms with Crippen LogP contribution in [-0.2, 0) is 11.3 Å². The monoisotopic (exact) mass is 484 g/mol. The number of carbonyl (C=O) groups excluding carboxylic acids is 2. The van der Waals surface area contributed by atoms with Crippen molar-refractivity contribution < 1.29 is 9.59 Å². The summed E-state index contributed by atoms with van der Waals surface area (Å²) in [6.45, 7) is 7.69. The van der Waals surface area contributed by atoms with Crippen molar-refractivity contribution in [3.05, 3.63) is 64.9 Å². The number of hydrogen-bond donors (Lipinski definition) is 2. The molecule has 10 heteroatoms. The molecule has 1 fully saturated rings. The number of para-hydroxylation sites is 1. The Morgan fingerprint density at radius 3 is 3.00 bits per heavy atom. The molecule has 8 nitrogen and oxygen atoms in total. The van der Waals surface area contributed by atoms with Crippen molar-refractivity contribution >= 4 is 51.3 Å². The van der Waals surface area contributed by atoms with Crippen molar-refractivity contribution in [2.75, 3.05) is 23.7 Å². The first-order chi connectivity index (χ1) is 15.9. The highest BCUT2D eigenvalue weighted by molar-refractivity contribution is 7.17. The van der Waals surface area contributed by atoms with Crippen LogP contribution in [0.15, 0.2) is 49.4 Å². The van der Waals surface area contributed by atoms with Crippen molar-refractivity contribution in [1.29, 1.82) is 0 Å². The zero-order valence-electron chi connectivity index (χ0n) is 18.3. The van der Waals surface area contributed by atoms with Crippen molar-refractivity contribution in [3.8, 4) is 0 Å². The molecule has 2 N–H and O–H groups in total. The summed E-state index contributed by atoms with van der Waals surface area (Å²) in [7, 11) is 0. The number of nitrogens with one attached hydrogen (secondary N) is 2. The smallest absolute Gasteiger partial charge is 0.267 e. The number of rotatable bonds is 7. The van der Waals surface area contributed by atoms with Crippen LogP contribution in [0.3, 0.4) is 0 Å². The molecule has 4 rings (SSSR count). The molecule has 33 heavy (non-hydrogen) atoms. The number of carbonyl (C=O) groups is 2. The van der Waals surface area contributed by atoms with E-state index in [0.717, 1.165) is 37.2 Å². The number of hydrogen-bond acceptors (Lipinski definition) is 6. The summed E-state index contributed by atoms with van der Waals surface area (Å²) in [5, 5.41) is 11.6. The molecule has 172 valence electrons. The highest BCUT2D eigenvalue weighted by Gasteiger charge is 2.23. The van der Waals surface area contributed by atoms with Gasteiger partial charge in [0.1, 0.15) is 4.88 Å². The number of nitrogens with zero attached hydrogens (tertiary/aromatic N) is 4. The number of likely N-dealkylation sites (tertiary alicyclic amines) is 1. The fourth-order valence-corrected chi connectivity index (χ4v) is 4.86. The van der Waals surface area contributed by atoms with Crippen LogP contribution in [0, 0.1) is 12.8 Å². The summed E-state index contributed by atoms with van der Waals surface area (Å²) in [6, 6.07) is 5.47. The average Bonchev–Trinajstić information content (AvgIpc) is 3.46. The maximum Gasteiger partial charge on any atom is 0.267 e. The van der Waals surface area contributed by atoms with E-state index in [4.69, 9.17) is 11.6 Å². The largest absolute Gasteiger partial charge is 0.339 e. The average molecular weight is 485 g/mol. The summed E-state index contributed by atoms with van der Waals surface area (Å²) >= 11 is 7.45. The van der Waals surface area contributed by atoms with Gasteiger partial charge in [0, 0.05) is 25.8 Å². The van der Waals surface area contributed by atoms with E-state index in [2.05, 4.69) is 27.3 Å². The lowest BCUT2D eigenvalue weighted by Crippen LogP contribution is -2.40.